The smallest absolute Gasteiger partial charge is 0.257 e. The van der Waals surface area contributed by atoms with Crippen LogP contribution in [0.5, 0.6) is 0 Å². The Morgan fingerprint density at radius 2 is 1.95 bits per heavy atom. The minimum absolute atomic E-state index is 0.226. The van der Waals surface area contributed by atoms with Gasteiger partial charge in [-0.15, -0.1) is 0 Å². The van der Waals surface area contributed by atoms with Gasteiger partial charge >= 0.3 is 0 Å². The van der Waals surface area contributed by atoms with Gasteiger partial charge in [-0.25, -0.2) is 4.39 Å². The first-order valence-electron chi connectivity index (χ1n) is 13.4. The molecular formula is C30H30FN5O4. The SMILES string of the molecule is CC1(C)CN(Cc2ccc(-c3ncno3)cc2)CC[C@]1(O)c1ccc2ncc([C@@H]3CCC(=O)NC3=O)cc2c1F. The third-order valence-corrected chi connectivity index (χ3v) is 8.40. The predicted molar refractivity (Wildman–Crippen MR) is 144 cm³/mol. The van der Waals surface area contributed by atoms with Gasteiger partial charge in [0.1, 0.15) is 5.82 Å². The van der Waals surface area contributed by atoms with E-state index in [1.165, 1.54) is 6.33 Å². The second-order valence-corrected chi connectivity index (χ2v) is 11.4. The first-order valence-corrected chi connectivity index (χ1v) is 13.4. The number of amides is 2. The van der Waals surface area contributed by atoms with E-state index in [4.69, 9.17) is 4.52 Å². The number of pyridine rings is 1. The molecule has 4 aromatic rings. The van der Waals surface area contributed by atoms with Gasteiger partial charge in [0.25, 0.3) is 5.89 Å². The van der Waals surface area contributed by atoms with Crippen LogP contribution in [0.2, 0.25) is 0 Å². The predicted octanol–water partition coefficient (Wildman–Crippen LogP) is 4.06. The number of piperidine rings is 2. The van der Waals surface area contributed by atoms with Crippen molar-refractivity contribution in [3.05, 3.63) is 77.5 Å². The Balaban J connectivity index is 1.24. The van der Waals surface area contributed by atoms with Crippen LogP contribution in [-0.4, -0.2) is 50.0 Å². The van der Waals surface area contributed by atoms with Gasteiger partial charge < -0.3 is 9.63 Å². The number of benzene rings is 2. The highest BCUT2D eigenvalue weighted by Crippen LogP contribution is 2.48. The Hall–Kier alpha value is -4.02. The lowest BCUT2D eigenvalue weighted by Gasteiger charge is -2.50. The zero-order valence-corrected chi connectivity index (χ0v) is 22.4. The summed E-state index contributed by atoms with van der Waals surface area (Å²) in [7, 11) is 0. The molecule has 9 nitrogen and oxygen atoms in total. The molecule has 0 radical (unpaired) electrons. The van der Waals surface area contributed by atoms with Crippen molar-refractivity contribution >= 4 is 22.7 Å². The number of hydrogen-bond donors (Lipinski definition) is 2. The lowest BCUT2D eigenvalue weighted by molar-refractivity contribution is -0.134. The minimum atomic E-state index is -1.41. The van der Waals surface area contributed by atoms with Crippen LogP contribution < -0.4 is 5.32 Å². The van der Waals surface area contributed by atoms with Crippen LogP contribution >= 0.6 is 0 Å². The van der Waals surface area contributed by atoms with Gasteiger partial charge in [-0.1, -0.05) is 37.2 Å². The van der Waals surface area contributed by atoms with Crippen molar-refractivity contribution in [3.63, 3.8) is 0 Å². The number of rotatable bonds is 5. The number of imide groups is 1. The molecule has 0 saturated carbocycles. The standard InChI is InChI=1S/C30H30FN5O4/c1-29(2)16-36(15-18-3-5-19(6-4-18)28-33-17-34-40-28)12-11-30(29,39)23-8-9-24-22(26(23)31)13-20(14-32-24)21-7-10-25(37)35-27(21)38/h3-6,8-9,13-14,17,21,39H,7,10-12,15-16H2,1-2H3,(H,35,37,38)/t21-,30-/m0/s1. The molecule has 2 aromatic carbocycles. The van der Waals surface area contributed by atoms with E-state index in [1.54, 1.807) is 24.4 Å². The maximum atomic E-state index is 16.2. The van der Waals surface area contributed by atoms with E-state index in [2.05, 4.69) is 25.3 Å². The fraction of sp³-hybridized carbons (Fsp3) is 0.367. The number of carbonyl (C=O) groups is 2. The zero-order chi connectivity index (χ0) is 28.1. The lowest BCUT2D eigenvalue weighted by Crippen LogP contribution is -2.55. The molecule has 4 heterocycles. The summed E-state index contributed by atoms with van der Waals surface area (Å²) in [5.74, 6) is -1.33. The third-order valence-electron chi connectivity index (χ3n) is 8.40. The van der Waals surface area contributed by atoms with Gasteiger partial charge in [0.05, 0.1) is 17.0 Å². The monoisotopic (exact) mass is 543 g/mol. The van der Waals surface area contributed by atoms with Crippen LogP contribution in [0.25, 0.3) is 22.4 Å². The normalized spacial score (nSPS) is 23.4. The molecule has 6 rings (SSSR count). The van der Waals surface area contributed by atoms with Crippen molar-refractivity contribution < 1.29 is 23.6 Å². The number of fused-ring (bicyclic) bond motifs is 1. The van der Waals surface area contributed by atoms with E-state index in [0.717, 1.165) is 11.1 Å². The van der Waals surface area contributed by atoms with Crippen molar-refractivity contribution in [2.45, 2.75) is 51.2 Å². The molecular weight excluding hydrogens is 513 g/mol. The number of likely N-dealkylation sites (tertiary alicyclic amines) is 1. The van der Waals surface area contributed by atoms with Gasteiger partial charge in [-0.05, 0) is 48.2 Å². The summed E-state index contributed by atoms with van der Waals surface area (Å²) in [5, 5.41) is 18.3. The maximum absolute atomic E-state index is 16.2. The Labute approximate surface area is 230 Å². The first kappa shape index (κ1) is 26.2. The molecule has 0 bridgehead atoms. The Kier molecular flexibility index (Phi) is 6.47. The van der Waals surface area contributed by atoms with Gasteiger partial charge in [-0.3, -0.25) is 24.8 Å². The third kappa shape index (κ3) is 4.56. The first-order chi connectivity index (χ1) is 19.1. The molecule has 2 saturated heterocycles. The summed E-state index contributed by atoms with van der Waals surface area (Å²) >= 11 is 0. The molecule has 2 N–H and O–H groups in total. The van der Waals surface area contributed by atoms with Crippen LogP contribution in [0.4, 0.5) is 4.39 Å². The largest absolute Gasteiger partial charge is 0.384 e. The van der Waals surface area contributed by atoms with Gasteiger partial charge in [0.2, 0.25) is 11.8 Å². The topological polar surface area (TPSA) is 121 Å². The summed E-state index contributed by atoms with van der Waals surface area (Å²) in [5.41, 5.74) is 1.10. The highest BCUT2D eigenvalue weighted by atomic mass is 19.1. The Morgan fingerprint density at radius 3 is 2.65 bits per heavy atom. The summed E-state index contributed by atoms with van der Waals surface area (Å²) in [4.78, 5) is 34.7. The van der Waals surface area contributed by atoms with E-state index in [-0.39, 0.29) is 23.3 Å². The highest BCUT2D eigenvalue weighted by Gasteiger charge is 2.50. The van der Waals surface area contributed by atoms with Crippen molar-refractivity contribution in [2.24, 2.45) is 5.41 Å². The number of aliphatic hydroxyl groups is 1. The molecule has 2 aliphatic rings. The summed E-state index contributed by atoms with van der Waals surface area (Å²) in [6, 6.07) is 12.9. The van der Waals surface area contributed by atoms with Gasteiger partial charge in [-0.2, -0.15) is 4.98 Å². The van der Waals surface area contributed by atoms with Gasteiger partial charge in [0.15, 0.2) is 6.33 Å². The highest BCUT2D eigenvalue weighted by molar-refractivity contribution is 6.01. The number of aromatic nitrogens is 3. The molecule has 2 amide bonds. The molecule has 2 atom stereocenters. The molecule has 40 heavy (non-hydrogen) atoms. The van der Waals surface area contributed by atoms with Crippen LogP contribution in [0.3, 0.4) is 0 Å². The lowest BCUT2D eigenvalue weighted by atomic mass is 9.66. The molecule has 206 valence electrons. The summed E-state index contributed by atoms with van der Waals surface area (Å²) in [6.07, 6.45) is 3.86. The molecule has 10 heteroatoms. The number of nitrogens with one attached hydrogen (secondary N) is 1. The fourth-order valence-corrected chi connectivity index (χ4v) is 6.07. The van der Waals surface area contributed by atoms with E-state index in [9.17, 15) is 14.7 Å². The zero-order valence-electron chi connectivity index (χ0n) is 22.4. The van der Waals surface area contributed by atoms with E-state index >= 15 is 4.39 Å². The van der Waals surface area contributed by atoms with Crippen molar-refractivity contribution in [1.29, 1.82) is 0 Å². The average molecular weight is 544 g/mol. The molecule has 0 spiro atoms. The molecule has 0 aliphatic carbocycles. The molecule has 2 fully saturated rings. The number of hydrogen-bond acceptors (Lipinski definition) is 8. The van der Waals surface area contributed by atoms with Gasteiger partial charge in [0, 0.05) is 54.2 Å². The van der Waals surface area contributed by atoms with Crippen LogP contribution in [0, 0.1) is 11.2 Å². The van der Waals surface area contributed by atoms with Crippen LogP contribution in [-0.2, 0) is 21.7 Å². The molecule has 2 aromatic heterocycles. The molecule has 0 unspecified atom stereocenters. The second-order valence-electron chi connectivity index (χ2n) is 11.4. The number of carbonyl (C=O) groups excluding carboxylic acids is 2. The van der Waals surface area contributed by atoms with Crippen molar-refractivity contribution in [2.75, 3.05) is 13.1 Å². The molecule has 2 aliphatic heterocycles. The van der Waals surface area contributed by atoms with E-state index < -0.39 is 28.7 Å². The van der Waals surface area contributed by atoms with Crippen LogP contribution in [0.1, 0.15) is 55.7 Å². The quantitative estimate of drug-likeness (QED) is 0.362. The average Bonchev–Trinajstić information content (AvgIpc) is 3.47. The van der Waals surface area contributed by atoms with E-state index in [0.29, 0.717) is 49.4 Å². The van der Waals surface area contributed by atoms with Crippen LogP contribution in [0.15, 0.2) is 59.5 Å². The summed E-state index contributed by atoms with van der Waals surface area (Å²) < 4.78 is 21.3. The van der Waals surface area contributed by atoms with Crippen molar-refractivity contribution in [3.8, 4) is 11.5 Å². The Morgan fingerprint density at radius 1 is 1.15 bits per heavy atom. The maximum Gasteiger partial charge on any atom is 0.257 e. The number of nitrogens with zero attached hydrogens (tertiary/aromatic N) is 4. The number of halogens is 1. The van der Waals surface area contributed by atoms with E-state index in [1.807, 2.05) is 38.1 Å². The van der Waals surface area contributed by atoms with Crippen molar-refractivity contribution in [1.82, 2.24) is 25.3 Å². The second kappa shape index (κ2) is 9.87. The minimum Gasteiger partial charge on any atom is -0.384 e. The fourth-order valence-electron chi connectivity index (χ4n) is 6.07. The summed E-state index contributed by atoms with van der Waals surface area (Å²) in [6.45, 7) is 5.74. The Bertz CT molecular complexity index is 1590.